The van der Waals surface area contributed by atoms with Crippen LogP contribution in [0.1, 0.15) is 25.5 Å². The first-order chi connectivity index (χ1) is 19.0. The van der Waals surface area contributed by atoms with Gasteiger partial charge in [-0.3, -0.25) is 14.2 Å². The molecule has 0 amide bonds. The minimum absolute atomic E-state index is 0.140. The van der Waals surface area contributed by atoms with Gasteiger partial charge in [0, 0.05) is 41.6 Å². The Morgan fingerprint density at radius 2 is 1.74 bits per heavy atom. The van der Waals surface area contributed by atoms with E-state index in [1.54, 1.807) is 28.4 Å². The van der Waals surface area contributed by atoms with Crippen LogP contribution in [0.2, 0.25) is 0 Å². The van der Waals surface area contributed by atoms with Crippen molar-refractivity contribution in [3.8, 4) is 17.4 Å². The zero-order valence-electron chi connectivity index (χ0n) is 21.7. The van der Waals surface area contributed by atoms with E-state index < -0.39 is 0 Å². The Labute approximate surface area is 222 Å². The summed E-state index contributed by atoms with van der Waals surface area (Å²) < 4.78 is 20.1. The smallest absolute Gasteiger partial charge is 0.281 e. The lowest BCUT2D eigenvalue weighted by Gasteiger charge is -2.20. The second-order valence-electron chi connectivity index (χ2n) is 9.38. The summed E-state index contributed by atoms with van der Waals surface area (Å²) in [5, 5.41) is 6.31. The number of para-hydroxylation sites is 1. The van der Waals surface area contributed by atoms with Crippen LogP contribution < -0.4 is 20.6 Å². The van der Waals surface area contributed by atoms with Crippen molar-refractivity contribution < 1.29 is 14.0 Å². The van der Waals surface area contributed by atoms with Crippen LogP contribution in [0.3, 0.4) is 0 Å². The van der Waals surface area contributed by atoms with Gasteiger partial charge in [0.15, 0.2) is 5.52 Å². The number of methoxy groups -OCH3 is 1. The van der Waals surface area contributed by atoms with Crippen LogP contribution in [-0.2, 0) is 13.0 Å². The van der Waals surface area contributed by atoms with Gasteiger partial charge in [-0.15, -0.1) is 0 Å². The van der Waals surface area contributed by atoms with Gasteiger partial charge in [-0.25, -0.2) is 0 Å². The van der Waals surface area contributed by atoms with Crippen molar-refractivity contribution in [2.75, 3.05) is 7.11 Å². The van der Waals surface area contributed by atoms with E-state index in [9.17, 15) is 9.59 Å². The van der Waals surface area contributed by atoms with Crippen molar-refractivity contribution >= 4 is 32.8 Å². The Hall–Kier alpha value is -4.92. The number of hydrogen-bond acceptors (Lipinski definition) is 7. The molecule has 0 fully saturated rings. The highest BCUT2D eigenvalue weighted by Gasteiger charge is 2.21. The van der Waals surface area contributed by atoms with Gasteiger partial charge in [-0.1, -0.05) is 23.4 Å². The van der Waals surface area contributed by atoms with E-state index in [1.165, 1.54) is 6.26 Å². The Morgan fingerprint density at radius 3 is 2.51 bits per heavy atom. The molecule has 0 saturated carbocycles. The largest absolute Gasteiger partial charge is 0.497 e. The highest BCUT2D eigenvalue weighted by Crippen LogP contribution is 2.31. The third kappa shape index (κ3) is 4.21. The van der Waals surface area contributed by atoms with Gasteiger partial charge in [0.05, 0.1) is 18.0 Å². The topological polar surface area (TPSA) is 101 Å². The van der Waals surface area contributed by atoms with Gasteiger partial charge in [-0.2, -0.15) is 4.98 Å². The third-order valence-corrected chi connectivity index (χ3v) is 7.00. The summed E-state index contributed by atoms with van der Waals surface area (Å²) in [5.74, 6) is 1.64. The molecule has 0 aliphatic rings. The molecule has 4 aromatic heterocycles. The summed E-state index contributed by atoms with van der Waals surface area (Å²) in [6.07, 6.45) is 1.95. The molecule has 9 nitrogen and oxygen atoms in total. The number of nitrogens with zero attached hydrogens (tertiary/aromatic N) is 4. The van der Waals surface area contributed by atoms with E-state index in [-0.39, 0.29) is 22.7 Å². The number of benzene rings is 2. The molecule has 2 aromatic carbocycles. The maximum atomic E-state index is 13.7. The summed E-state index contributed by atoms with van der Waals surface area (Å²) in [6, 6.07) is 19.9. The van der Waals surface area contributed by atoms with Gasteiger partial charge in [0.1, 0.15) is 23.4 Å². The Morgan fingerprint density at radius 1 is 0.949 bits per heavy atom. The van der Waals surface area contributed by atoms with Crippen LogP contribution in [-0.4, -0.2) is 26.4 Å². The Balaban J connectivity index is 1.53. The molecule has 0 N–H and O–H groups in total. The number of pyridine rings is 3. The van der Waals surface area contributed by atoms with Crippen LogP contribution in [0.25, 0.3) is 32.8 Å². The summed E-state index contributed by atoms with van der Waals surface area (Å²) in [4.78, 5) is 31.0. The first kappa shape index (κ1) is 24.4. The number of fused-ring (bicyclic) bond motifs is 4. The molecular formula is C30H26N4O5. The van der Waals surface area contributed by atoms with Crippen molar-refractivity contribution in [3.63, 3.8) is 0 Å². The highest BCUT2D eigenvalue weighted by atomic mass is 16.5. The van der Waals surface area contributed by atoms with Crippen LogP contribution >= 0.6 is 0 Å². The van der Waals surface area contributed by atoms with Gasteiger partial charge < -0.3 is 18.6 Å². The fourth-order valence-corrected chi connectivity index (χ4v) is 5.16. The molecule has 196 valence electrons. The number of aryl methyl sites for hydroxylation is 1. The average Bonchev–Trinajstić information content (AvgIpc) is 3.44. The molecule has 0 aliphatic carbocycles. The molecule has 6 aromatic rings. The van der Waals surface area contributed by atoms with Crippen molar-refractivity contribution in [1.29, 1.82) is 0 Å². The van der Waals surface area contributed by atoms with Crippen molar-refractivity contribution in [1.82, 2.24) is 19.3 Å². The quantitative estimate of drug-likeness (QED) is 0.274. The van der Waals surface area contributed by atoms with Crippen LogP contribution in [0.15, 0.2) is 87.1 Å². The molecule has 1 atom stereocenters. The van der Waals surface area contributed by atoms with E-state index in [4.69, 9.17) is 19.0 Å². The fraction of sp³-hybridized carbons (Fsp3) is 0.200. The van der Waals surface area contributed by atoms with Crippen LogP contribution in [0.5, 0.6) is 17.4 Å². The molecule has 0 spiro atoms. The van der Waals surface area contributed by atoms with E-state index in [0.717, 1.165) is 16.3 Å². The second-order valence-corrected chi connectivity index (χ2v) is 9.38. The average molecular weight is 523 g/mol. The lowest BCUT2D eigenvalue weighted by atomic mass is 10.0. The summed E-state index contributed by atoms with van der Waals surface area (Å²) >= 11 is 0. The van der Waals surface area contributed by atoms with E-state index in [2.05, 4.69) is 5.16 Å². The molecule has 0 bridgehead atoms. The molecule has 0 aliphatic heterocycles. The number of rotatable bonds is 7. The van der Waals surface area contributed by atoms with E-state index >= 15 is 0 Å². The highest BCUT2D eigenvalue weighted by molar-refractivity contribution is 6.04. The second kappa shape index (κ2) is 9.75. The maximum Gasteiger partial charge on any atom is 0.281 e. The molecule has 0 radical (unpaired) electrons. The molecule has 9 heteroatoms. The molecule has 0 saturated heterocycles. The van der Waals surface area contributed by atoms with Gasteiger partial charge >= 0.3 is 0 Å². The SMILES string of the molecule is CCn1c(=O)ccc2c(CC(C)n3c(=O)c4nocc4c4ccc(OC)cc43)cc(Oc3ccccc3)nc21. The molecule has 4 heterocycles. The van der Waals surface area contributed by atoms with Gasteiger partial charge in [0.2, 0.25) is 5.88 Å². The normalized spacial score (nSPS) is 12.3. The van der Waals surface area contributed by atoms with Crippen molar-refractivity contribution in [2.45, 2.75) is 32.9 Å². The summed E-state index contributed by atoms with van der Waals surface area (Å²) in [6.45, 7) is 4.34. The van der Waals surface area contributed by atoms with Crippen molar-refractivity contribution in [2.24, 2.45) is 0 Å². The van der Waals surface area contributed by atoms with Crippen molar-refractivity contribution in [3.05, 3.63) is 99.3 Å². The molecule has 39 heavy (non-hydrogen) atoms. The zero-order chi connectivity index (χ0) is 27.1. The monoisotopic (exact) mass is 522 g/mol. The maximum absolute atomic E-state index is 13.7. The van der Waals surface area contributed by atoms with Gasteiger partial charge in [-0.05, 0) is 56.2 Å². The lowest BCUT2D eigenvalue weighted by Crippen LogP contribution is -2.26. The van der Waals surface area contributed by atoms with Crippen LogP contribution in [0, 0.1) is 0 Å². The Kier molecular flexibility index (Phi) is 6.11. The van der Waals surface area contributed by atoms with E-state index in [1.807, 2.05) is 68.4 Å². The first-order valence-corrected chi connectivity index (χ1v) is 12.7. The predicted octanol–water partition coefficient (Wildman–Crippen LogP) is 5.48. The third-order valence-electron chi connectivity index (χ3n) is 7.00. The summed E-state index contributed by atoms with van der Waals surface area (Å²) in [5.41, 5.74) is 2.02. The number of hydrogen-bond donors (Lipinski definition) is 0. The summed E-state index contributed by atoms with van der Waals surface area (Å²) in [7, 11) is 1.59. The first-order valence-electron chi connectivity index (χ1n) is 12.7. The fourth-order valence-electron chi connectivity index (χ4n) is 5.16. The minimum atomic E-state index is -0.301. The minimum Gasteiger partial charge on any atom is -0.497 e. The van der Waals surface area contributed by atoms with Gasteiger partial charge in [0.25, 0.3) is 11.1 Å². The van der Waals surface area contributed by atoms with Crippen LogP contribution in [0.4, 0.5) is 0 Å². The van der Waals surface area contributed by atoms with E-state index in [0.29, 0.717) is 46.9 Å². The Bertz CT molecular complexity index is 1960. The molecule has 1 unspecified atom stereocenters. The molecule has 6 rings (SSSR count). The molecular weight excluding hydrogens is 496 g/mol. The number of ether oxygens (including phenoxy) is 2. The zero-order valence-corrected chi connectivity index (χ0v) is 21.7. The lowest BCUT2D eigenvalue weighted by molar-refractivity contribution is 0.415. The standard InChI is InChI=1S/C30H26N4O5/c1-4-33-27(35)13-12-22-19(15-26(31-29(22)33)39-20-8-6-5-7-9-20)14-18(2)34-25-16-21(37-3)10-11-23(25)24-17-38-32-28(24)30(34)36/h5-13,15-18H,4,14H2,1-3H3. The predicted molar refractivity (Wildman–Crippen MR) is 149 cm³/mol. The number of aromatic nitrogens is 4.